The van der Waals surface area contributed by atoms with Crippen LogP contribution in [0.15, 0.2) is 11.5 Å². The van der Waals surface area contributed by atoms with Crippen molar-refractivity contribution in [3.8, 4) is 0 Å². The van der Waals surface area contributed by atoms with E-state index in [-0.39, 0.29) is 0 Å². The molecule has 1 aromatic rings. The number of aromatic nitrogens is 3. The lowest BCUT2D eigenvalue weighted by Crippen LogP contribution is -2.26. The maximum absolute atomic E-state index is 10.7. The summed E-state index contributed by atoms with van der Waals surface area (Å²) in [6, 6.07) is 0. The highest BCUT2D eigenvalue weighted by Gasteiger charge is 2.17. The maximum Gasteiger partial charge on any atom is 0.333 e. The number of thioether (sulfide) groups is 1. The van der Waals surface area contributed by atoms with Gasteiger partial charge in [0.1, 0.15) is 6.33 Å². The Bertz CT molecular complexity index is 278. The van der Waals surface area contributed by atoms with Crippen LogP contribution in [0, 0.1) is 0 Å². The highest BCUT2D eigenvalue weighted by Crippen LogP contribution is 2.13. The number of H-pyrrole nitrogens is 1. The molecule has 1 aromatic heterocycles. The normalized spacial score (nSPS) is 12.6. The molecule has 1 unspecified atom stereocenters. The third kappa shape index (κ3) is 3.35. The number of rotatable bonds is 6. The van der Waals surface area contributed by atoms with Crippen molar-refractivity contribution in [3.05, 3.63) is 6.33 Å². The average Bonchev–Trinajstić information content (AvgIpc) is 2.64. The van der Waals surface area contributed by atoms with Crippen LogP contribution in [0.3, 0.4) is 0 Å². The molecule has 0 spiro atoms. The summed E-state index contributed by atoms with van der Waals surface area (Å²) in [5.41, 5.74) is 0. The lowest BCUT2D eigenvalue weighted by Gasteiger charge is -2.10. The Morgan fingerprint density at radius 3 is 3.14 bits per heavy atom. The molecule has 2 N–H and O–H groups in total. The smallest absolute Gasteiger partial charge is 0.333 e. The number of hydrogen-bond donors (Lipinski definition) is 2. The summed E-state index contributed by atoms with van der Waals surface area (Å²) in [5.74, 6) is -0.642. The maximum atomic E-state index is 10.7. The van der Waals surface area contributed by atoms with Crippen LogP contribution in [0.2, 0.25) is 0 Å². The van der Waals surface area contributed by atoms with E-state index in [0.717, 1.165) is 0 Å². The van der Waals surface area contributed by atoms with E-state index in [4.69, 9.17) is 9.84 Å². The number of aliphatic carboxylic acids is 1. The van der Waals surface area contributed by atoms with Crippen molar-refractivity contribution in [1.82, 2.24) is 15.2 Å². The zero-order valence-corrected chi connectivity index (χ0v) is 8.45. The first-order chi connectivity index (χ1) is 6.74. The van der Waals surface area contributed by atoms with Crippen LogP contribution in [0.4, 0.5) is 0 Å². The summed E-state index contributed by atoms with van der Waals surface area (Å²) in [4.78, 5) is 14.5. The number of hydrogen-bond acceptors (Lipinski definition) is 5. The minimum Gasteiger partial charge on any atom is -0.479 e. The third-order valence-electron chi connectivity index (χ3n) is 1.41. The van der Waals surface area contributed by atoms with Crippen LogP contribution in [0.25, 0.3) is 0 Å². The molecule has 1 heterocycles. The van der Waals surface area contributed by atoms with Crippen molar-refractivity contribution in [1.29, 1.82) is 0 Å². The van der Waals surface area contributed by atoms with E-state index in [1.165, 1.54) is 18.1 Å². The monoisotopic (exact) mass is 217 g/mol. The van der Waals surface area contributed by atoms with E-state index in [9.17, 15) is 4.79 Å². The standard InChI is InChI=1S/C7H11N3O3S/c1-2-13-5(6(11)12)3-14-7-8-4-9-10-7/h4-5H,2-3H2,1H3,(H,11,12)(H,8,9,10). The first kappa shape index (κ1) is 11.0. The molecule has 0 aliphatic heterocycles. The van der Waals surface area contributed by atoms with Crippen molar-refractivity contribution in [2.45, 2.75) is 18.2 Å². The lowest BCUT2D eigenvalue weighted by molar-refractivity contribution is -0.148. The minimum absolute atomic E-state index is 0.318. The molecule has 1 rings (SSSR count). The molecule has 14 heavy (non-hydrogen) atoms. The third-order valence-corrected chi connectivity index (χ3v) is 2.35. The second-order valence-corrected chi connectivity index (χ2v) is 3.39. The van der Waals surface area contributed by atoms with Gasteiger partial charge in [0.2, 0.25) is 0 Å². The SMILES string of the molecule is CCOC(CSc1ncn[nH]1)C(=O)O. The number of nitrogens with zero attached hydrogens (tertiary/aromatic N) is 2. The van der Waals surface area contributed by atoms with E-state index in [2.05, 4.69) is 15.2 Å². The quantitative estimate of drug-likeness (QED) is 0.670. The van der Waals surface area contributed by atoms with Crippen LogP contribution in [-0.4, -0.2) is 44.7 Å². The van der Waals surface area contributed by atoms with Crippen molar-refractivity contribution in [2.75, 3.05) is 12.4 Å². The van der Waals surface area contributed by atoms with Crippen LogP contribution in [-0.2, 0) is 9.53 Å². The van der Waals surface area contributed by atoms with Gasteiger partial charge in [-0.05, 0) is 6.92 Å². The molecule has 0 bridgehead atoms. The van der Waals surface area contributed by atoms with Gasteiger partial charge in [-0.15, -0.1) is 0 Å². The molecule has 0 saturated heterocycles. The zero-order chi connectivity index (χ0) is 10.4. The molecule has 6 nitrogen and oxygen atoms in total. The second kappa shape index (κ2) is 5.61. The predicted octanol–water partition coefficient (Wildman–Crippen LogP) is 0.387. The molecule has 78 valence electrons. The van der Waals surface area contributed by atoms with Crippen LogP contribution >= 0.6 is 11.8 Å². The second-order valence-electron chi connectivity index (χ2n) is 2.38. The van der Waals surface area contributed by atoms with Crippen LogP contribution in [0.5, 0.6) is 0 Å². The Kier molecular flexibility index (Phi) is 4.41. The summed E-state index contributed by atoms with van der Waals surface area (Å²) in [5, 5.41) is 15.6. The Labute approximate surface area is 85.1 Å². The fourth-order valence-corrected chi connectivity index (χ4v) is 1.60. The number of carbonyl (C=O) groups is 1. The minimum atomic E-state index is -0.959. The first-order valence-corrected chi connectivity index (χ1v) is 5.05. The zero-order valence-electron chi connectivity index (χ0n) is 7.64. The Morgan fingerprint density at radius 2 is 2.64 bits per heavy atom. The molecule has 0 amide bonds. The van der Waals surface area contributed by atoms with E-state index in [1.54, 1.807) is 6.92 Å². The van der Waals surface area contributed by atoms with Gasteiger partial charge in [0.15, 0.2) is 11.3 Å². The van der Waals surface area contributed by atoms with Gasteiger partial charge < -0.3 is 9.84 Å². The van der Waals surface area contributed by atoms with E-state index in [1.807, 2.05) is 0 Å². The average molecular weight is 217 g/mol. The van der Waals surface area contributed by atoms with Crippen molar-refractivity contribution in [3.63, 3.8) is 0 Å². The molecule has 0 aromatic carbocycles. The molecular weight excluding hydrogens is 206 g/mol. The first-order valence-electron chi connectivity index (χ1n) is 4.06. The fraction of sp³-hybridized carbons (Fsp3) is 0.571. The Balaban J connectivity index is 2.37. The van der Waals surface area contributed by atoms with Gasteiger partial charge in [-0.3, -0.25) is 5.10 Å². The molecule has 0 fully saturated rings. The summed E-state index contributed by atoms with van der Waals surface area (Å²) < 4.78 is 5.02. The predicted molar refractivity (Wildman–Crippen MR) is 50.2 cm³/mol. The Morgan fingerprint density at radius 1 is 1.86 bits per heavy atom. The highest BCUT2D eigenvalue weighted by molar-refractivity contribution is 7.99. The van der Waals surface area contributed by atoms with Crippen LogP contribution < -0.4 is 0 Å². The number of ether oxygens (including phenoxy) is 1. The topological polar surface area (TPSA) is 88.1 Å². The van der Waals surface area contributed by atoms with Gasteiger partial charge in [-0.1, -0.05) is 11.8 Å². The van der Waals surface area contributed by atoms with Crippen molar-refractivity contribution >= 4 is 17.7 Å². The molecule has 0 saturated carbocycles. The van der Waals surface area contributed by atoms with Crippen molar-refractivity contribution < 1.29 is 14.6 Å². The molecular formula is C7H11N3O3S. The van der Waals surface area contributed by atoms with E-state index in [0.29, 0.717) is 17.5 Å². The molecule has 7 heteroatoms. The van der Waals surface area contributed by atoms with Gasteiger partial charge in [-0.25, -0.2) is 9.78 Å². The van der Waals surface area contributed by atoms with Crippen molar-refractivity contribution in [2.24, 2.45) is 0 Å². The Hall–Kier alpha value is -1.08. The fourth-order valence-electron chi connectivity index (χ4n) is 0.810. The summed E-state index contributed by atoms with van der Waals surface area (Å²) in [6.07, 6.45) is 0.578. The van der Waals surface area contributed by atoms with E-state index < -0.39 is 12.1 Å². The molecule has 0 aliphatic rings. The number of aromatic amines is 1. The molecule has 1 atom stereocenters. The number of carboxylic acid groups (broad SMARTS) is 1. The van der Waals surface area contributed by atoms with Gasteiger partial charge in [0.25, 0.3) is 0 Å². The largest absolute Gasteiger partial charge is 0.479 e. The van der Waals surface area contributed by atoms with E-state index >= 15 is 0 Å². The summed E-state index contributed by atoms with van der Waals surface area (Å²) in [7, 11) is 0. The lowest BCUT2D eigenvalue weighted by atomic mass is 10.4. The molecule has 0 aliphatic carbocycles. The van der Waals surface area contributed by atoms with Crippen LogP contribution in [0.1, 0.15) is 6.92 Å². The van der Waals surface area contributed by atoms with Gasteiger partial charge >= 0.3 is 5.97 Å². The van der Waals surface area contributed by atoms with Gasteiger partial charge in [-0.2, -0.15) is 5.10 Å². The van der Waals surface area contributed by atoms with Gasteiger partial charge in [0, 0.05) is 12.4 Å². The van der Waals surface area contributed by atoms with Gasteiger partial charge in [0.05, 0.1) is 0 Å². The number of carboxylic acids is 1. The number of nitrogens with one attached hydrogen (secondary N) is 1. The highest BCUT2D eigenvalue weighted by atomic mass is 32.2. The summed E-state index contributed by atoms with van der Waals surface area (Å²) >= 11 is 1.27. The molecule has 0 radical (unpaired) electrons. The summed E-state index contributed by atoms with van der Waals surface area (Å²) in [6.45, 7) is 2.14.